The van der Waals surface area contributed by atoms with E-state index in [1.54, 1.807) is 16.8 Å². The lowest BCUT2D eigenvalue weighted by molar-refractivity contribution is 0.0776. The Balaban J connectivity index is 1.39. The Bertz CT molecular complexity index is 1180. The second-order valence-corrected chi connectivity index (χ2v) is 9.87. The molecule has 10 heteroatoms. The predicted octanol–water partition coefficient (Wildman–Crippen LogP) is 3.88. The largest absolute Gasteiger partial charge is 0.396 e. The van der Waals surface area contributed by atoms with Crippen LogP contribution in [0.5, 0.6) is 0 Å². The Morgan fingerprint density at radius 1 is 1.15 bits per heavy atom. The van der Waals surface area contributed by atoms with Gasteiger partial charge >= 0.3 is 0 Å². The summed E-state index contributed by atoms with van der Waals surface area (Å²) in [6.45, 7) is 6.05. The van der Waals surface area contributed by atoms with Gasteiger partial charge in [0.1, 0.15) is 11.3 Å². The zero-order valence-electron chi connectivity index (χ0n) is 19.6. The zero-order chi connectivity index (χ0) is 23.8. The highest BCUT2D eigenvalue weighted by atomic mass is 35.5. The number of aliphatic hydroxyl groups is 1. The topological polar surface area (TPSA) is 82.3 Å². The normalized spacial score (nSPS) is 20.3. The standard InChI is InChI=1S/C24H31ClFN7O/c1-15-21-22(30-31(15)2)23(27-20-6-5-17(25)12-19(20)26)29-24(28-21)32-10-7-18(8-11-32)33-9-3-4-16(13-33)14-34/h5-6,12,16,18,34H,3-4,7-11,13-14H2,1-2H3,(H,27,28,29). The van der Waals surface area contributed by atoms with Crippen LogP contribution in [0, 0.1) is 18.7 Å². The molecule has 34 heavy (non-hydrogen) atoms. The van der Waals surface area contributed by atoms with E-state index >= 15 is 0 Å². The summed E-state index contributed by atoms with van der Waals surface area (Å²) >= 11 is 5.92. The van der Waals surface area contributed by atoms with Crippen molar-refractivity contribution in [2.24, 2.45) is 13.0 Å². The molecule has 5 rings (SSSR count). The van der Waals surface area contributed by atoms with E-state index in [0.29, 0.717) is 40.0 Å². The second kappa shape index (κ2) is 9.64. The summed E-state index contributed by atoms with van der Waals surface area (Å²) in [5, 5.41) is 17.6. The van der Waals surface area contributed by atoms with Crippen molar-refractivity contribution in [3.05, 3.63) is 34.7 Å². The fourth-order valence-corrected chi connectivity index (χ4v) is 5.28. The number of fused-ring (bicyclic) bond motifs is 1. The van der Waals surface area contributed by atoms with E-state index in [4.69, 9.17) is 21.6 Å². The third-order valence-corrected chi connectivity index (χ3v) is 7.44. The molecule has 3 aromatic rings. The summed E-state index contributed by atoms with van der Waals surface area (Å²) in [7, 11) is 1.87. The van der Waals surface area contributed by atoms with E-state index in [2.05, 4.69) is 20.2 Å². The van der Waals surface area contributed by atoms with Crippen LogP contribution >= 0.6 is 11.6 Å². The van der Waals surface area contributed by atoms with E-state index in [9.17, 15) is 9.50 Å². The Hall–Kier alpha value is -2.49. The number of aryl methyl sites for hydroxylation is 2. The maximum absolute atomic E-state index is 14.5. The van der Waals surface area contributed by atoms with E-state index < -0.39 is 5.82 Å². The SMILES string of the molecule is Cc1c2nc(N3CCC(N4CCCC(CO)C4)CC3)nc(Nc3ccc(Cl)cc3F)c2nn1C. The summed E-state index contributed by atoms with van der Waals surface area (Å²) in [4.78, 5) is 14.4. The van der Waals surface area contributed by atoms with Gasteiger partial charge in [-0.05, 0) is 63.3 Å². The molecule has 4 heterocycles. The Kier molecular flexibility index (Phi) is 6.59. The molecule has 1 aromatic carbocycles. The minimum absolute atomic E-state index is 0.275. The number of aromatic nitrogens is 4. The molecule has 2 aromatic heterocycles. The van der Waals surface area contributed by atoms with Crippen LogP contribution in [0.1, 0.15) is 31.4 Å². The zero-order valence-corrected chi connectivity index (χ0v) is 20.4. The van der Waals surface area contributed by atoms with Gasteiger partial charge in [0.05, 0.1) is 11.4 Å². The number of likely N-dealkylation sites (tertiary alicyclic amines) is 1. The van der Waals surface area contributed by atoms with Gasteiger partial charge in [-0.1, -0.05) is 11.6 Å². The van der Waals surface area contributed by atoms with Crippen LogP contribution in [0.3, 0.4) is 0 Å². The van der Waals surface area contributed by atoms with Crippen molar-refractivity contribution in [3.8, 4) is 0 Å². The average molecular weight is 488 g/mol. The molecule has 2 saturated heterocycles. The molecule has 1 unspecified atom stereocenters. The van der Waals surface area contributed by atoms with Crippen molar-refractivity contribution >= 4 is 40.1 Å². The van der Waals surface area contributed by atoms with Crippen molar-refractivity contribution in [3.63, 3.8) is 0 Å². The quantitative estimate of drug-likeness (QED) is 0.565. The maximum atomic E-state index is 14.5. The molecule has 0 saturated carbocycles. The van der Waals surface area contributed by atoms with Crippen molar-refractivity contribution in [1.29, 1.82) is 0 Å². The summed E-state index contributed by atoms with van der Waals surface area (Å²) in [5.41, 5.74) is 2.59. The molecule has 0 bridgehead atoms. The molecule has 0 aliphatic carbocycles. The maximum Gasteiger partial charge on any atom is 0.228 e. The first kappa shape index (κ1) is 23.3. The molecule has 0 amide bonds. The van der Waals surface area contributed by atoms with Crippen molar-refractivity contribution in [1.82, 2.24) is 24.6 Å². The van der Waals surface area contributed by atoms with Gasteiger partial charge in [0.25, 0.3) is 0 Å². The number of nitrogens with one attached hydrogen (secondary N) is 1. The fraction of sp³-hybridized carbons (Fsp3) is 0.542. The molecule has 0 radical (unpaired) electrons. The van der Waals surface area contributed by atoms with Gasteiger partial charge in [-0.2, -0.15) is 10.1 Å². The van der Waals surface area contributed by atoms with Crippen LogP contribution in [0.4, 0.5) is 21.8 Å². The van der Waals surface area contributed by atoms with Crippen LogP contribution in [0.2, 0.25) is 5.02 Å². The third-order valence-electron chi connectivity index (χ3n) is 7.21. The molecule has 1 atom stereocenters. The highest BCUT2D eigenvalue weighted by Gasteiger charge is 2.30. The highest BCUT2D eigenvalue weighted by molar-refractivity contribution is 6.30. The molecule has 8 nitrogen and oxygen atoms in total. The number of piperidine rings is 2. The smallest absolute Gasteiger partial charge is 0.228 e. The van der Waals surface area contributed by atoms with E-state index in [1.807, 2.05) is 14.0 Å². The highest BCUT2D eigenvalue weighted by Crippen LogP contribution is 2.31. The van der Waals surface area contributed by atoms with Crippen LogP contribution in [0.15, 0.2) is 18.2 Å². The Morgan fingerprint density at radius 2 is 1.94 bits per heavy atom. The van der Waals surface area contributed by atoms with E-state index in [-0.39, 0.29) is 6.61 Å². The minimum atomic E-state index is -0.447. The lowest BCUT2D eigenvalue weighted by Crippen LogP contribution is -2.49. The van der Waals surface area contributed by atoms with E-state index in [1.165, 1.54) is 6.07 Å². The fourth-order valence-electron chi connectivity index (χ4n) is 5.12. The van der Waals surface area contributed by atoms with Gasteiger partial charge in [0.2, 0.25) is 5.95 Å². The van der Waals surface area contributed by atoms with Gasteiger partial charge in [-0.15, -0.1) is 0 Å². The first-order valence-electron chi connectivity index (χ1n) is 12.0. The van der Waals surface area contributed by atoms with Crippen LogP contribution < -0.4 is 10.2 Å². The number of hydrogen-bond donors (Lipinski definition) is 2. The van der Waals surface area contributed by atoms with Crippen molar-refractivity contribution < 1.29 is 9.50 Å². The molecule has 2 fully saturated rings. The number of nitrogens with zero attached hydrogens (tertiary/aromatic N) is 6. The second-order valence-electron chi connectivity index (χ2n) is 9.43. The molecular formula is C24H31ClFN7O. The number of benzene rings is 1. The summed E-state index contributed by atoms with van der Waals surface area (Å²) < 4.78 is 16.3. The minimum Gasteiger partial charge on any atom is -0.396 e. The summed E-state index contributed by atoms with van der Waals surface area (Å²) in [5.74, 6) is 1.06. The molecule has 2 aliphatic heterocycles. The van der Waals surface area contributed by atoms with Gasteiger partial charge in [0, 0.05) is 44.4 Å². The summed E-state index contributed by atoms with van der Waals surface area (Å²) in [6.07, 6.45) is 4.33. The van der Waals surface area contributed by atoms with Crippen LogP contribution in [0.25, 0.3) is 11.0 Å². The Labute approximate surface area is 203 Å². The van der Waals surface area contributed by atoms with E-state index in [0.717, 1.165) is 63.1 Å². The molecular weight excluding hydrogens is 457 g/mol. The van der Waals surface area contributed by atoms with Crippen LogP contribution in [-0.4, -0.2) is 68.6 Å². The molecule has 182 valence electrons. The lowest BCUT2D eigenvalue weighted by Gasteiger charge is -2.42. The number of anilines is 3. The predicted molar refractivity (Wildman–Crippen MR) is 132 cm³/mol. The summed E-state index contributed by atoms with van der Waals surface area (Å²) in [6, 6.07) is 5.04. The molecule has 2 aliphatic rings. The number of aliphatic hydroxyl groups excluding tert-OH is 1. The third kappa shape index (κ3) is 4.56. The lowest BCUT2D eigenvalue weighted by atomic mass is 9.94. The van der Waals surface area contributed by atoms with Gasteiger partial charge in [-0.25, -0.2) is 9.37 Å². The first-order chi connectivity index (χ1) is 16.4. The van der Waals surface area contributed by atoms with Crippen LogP contribution in [-0.2, 0) is 7.05 Å². The number of hydrogen-bond acceptors (Lipinski definition) is 7. The van der Waals surface area contributed by atoms with Crippen molar-refractivity contribution in [2.45, 2.75) is 38.6 Å². The Morgan fingerprint density at radius 3 is 2.68 bits per heavy atom. The number of halogens is 2. The van der Waals surface area contributed by atoms with Crippen molar-refractivity contribution in [2.75, 3.05) is 43.0 Å². The van der Waals surface area contributed by atoms with Gasteiger partial charge < -0.3 is 15.3 Å². The number of rotatable bonds is 5. The van der Waals surface area contributed by atoms with Gasteiger partial charge in [-0.3, -0.25) is 9.58 Å². The van der Waals surface area contributed by atoms with Gasteiger partial charge in [0.15, 0.2) is 11.3 Å². The molecule has 2 N–H and O–H groups in total. The average Bonchev–Trinajstić information content (AvgIpc) is 3.14. The first-order valence-corrected chi connectivity index (χ1v) is 12.3. The monoisotopic (exact) mass is 487 g/mol. The molecule has 0 spiro atoms.